The molecule has 0 aliphatic heterocycles. The summed E-state index contributed by atoms with van der Waals surface area (Å²) in [4.78, 5) is 2.50. The van der Waals surface area contributed by atoms with E-state index in [9.17, 15) is 0 Å². The Balaban J connectivity index is 2.16. The zero-order chi connectivity index (χ0) is 26.5. The molecule has 0 aliphatic carbocycles. The molecule has 36 heavy (non-hydrogen) atoms. The summed E-state index contributed by atoms with van der Waals surface area (Å²) in [5.74, 6) is 1.06. The average molecular weight is 504 g/mol. The van der Waals surface area contributed by atoms with Crippen LogP contribution < -0.4 is 15.3 Å². The maximum absolute atomic E-state index is 6.72. The van der Waals surface area contributed by atoms with Crippen LogP contribution in [0.15, 0.2) is 60.7 Å². The lowest BCUT2D eigenvalue weighted by atomic mass is 9.80. The van der Waals surface area contributed by atoms with Crippen molar-refractivity contribution in [1.82, 2.24) is 4.90 Å². The van der Waals surface area contributed by atoms with Gasteiger partial charge in [-0.25, -0.2) is 0 Å². The standard InChI is InChI=1S/C33H46NOP/c1-10-34(11-2)22-26-19-15-16-24(3)31(26)36-29-21-27(32(4,5)6)20-28(33(7,8)9)30(29)35-23-25-17-13-12-14-18-25/h12-21,36H,10-11,22-23H2,1-9H3. The van der Waals surface area contributed by atoms with Gasteiger partial charge in [-0.2, -0.15) is 0 Å². The van der Waals surface area contributed by atoms with E-state index in [2.05, 4.69) is 128 Å². The second-order valence-electron chi connectivity index (χ2n) is 11.9. The van der Waals surface area contributed by atoms with E-state index >= 15 is 0 Å². The molecule has 3 heteroatoms. The van der Waals surface area contributed by atoms with E-state index in [1.165, 1.54) is 38.4 Å². The van der Waals surface area contributed by atoms with Crippen molar-refractivity contribution in [2.45, 2.75) is 86.3 Å². The van der Waals surface area contributed by atoms with Crippen molar-refractivity contribution < 1.29 is 4.74 Å². The Morgan fingerprint density at radius 3 is 2.06 bits per heavy atom. The summed E-state index contributed by atoms with van der Waals surface area (Å²) >= 11 is 0. The van der Waals surface area contributed by atoms with Crippen molar-refractivity contribution in [3.8, 4) is 5.75 Å². The van der Waals surface area contributed by atoms with E-state index in [-0.39, 0.29) is 10.8 Å². The molecule has 0 heterocycles. The van der Waals surface area contributed by atoms with Crippen LogP contribution in [0.3, 0.4) is 0 Å². The first-order valence-electron chi connectivity index (χ1n) is 13.4. The molecule has 1 unspecified atom stereocenters. The molecule has 0 spiro atoms. The van der Waals surface area contributed by atoms with Gasteiger partial charge in [0.2, 0.25) is 0 Å². The van der Waals surface area contributed by atoms with Crippen LogP contribution in [-0.2, 0) is 24.0 Å². The van der Waals surface area contributed by atoms with Crippen LogP contribution in [0.2, 0.25) is 0 Å². The minimum atomic E-state index is -0.0255. The molecule has 0 saturated heterocycles. The van der Waals surface area contributed by atoms with E-state index in [1.807, 2.05) is 0 Å². The van der Waals surface area contributed by atoms with Gasteiger partial charge in [0, 0.05) is 17.4 Å². The number of rotatable bonds is 9. The van der Waals surface area contributed by atoms with Crippen molar-refractivity contribution in [2.75, 3.05) is 13.1 Å². The van der Waals surface area contributed by atoms with Gasteiger partial charge >= 0.3 is 0 Å². The molecule has 0 radical (unpaired) electrons. The molecule has 0 bridgehead atoms. The molecule has 0 aliphatic rings. The van der Waals surface area contributed by atoms with E-state index in [1.54, 1.807) is 0 Å². The quantitative estimate of drug-likeness (QED) is 0.278. The summed E-state index contributed by atoms with van der Waals surface area (Å²) in [7, 11) is 0.542. The number of hydrogen-bond acceptors (Lipinski definition) is 2. The summed E-state index contributed by atoms with van der Waals surface area (Å²) in [5, 5.41) is 2.78. The molecular weight excluding hydrogens is 457 g/mol. The molecule has 0 N–H and O–H groups in total. The fourth-order valence-electron chi connectivity index (χ4n) is 4.46. The van der Waals surface area contributed by atoms with Gasteiger partial charge in [0.1, 0.15) is 12.4 Å². The summed E-state index contributed by atoms with van der Waals surface area (Å²) in [6.45, 7) is 24.3. The second kappa shape index (κ2) is 11.9. The molecule has 3 aromatic carbocycles. The van der Waals surface area contributed by atoms with Crippen molar-refractivity contribution in [2.24, 2.45) is 0 Å². The number of ether oxygens (including phenoxy) is 1. The first-order valence-corrected chi connectivity index (χ1v) is 14.4. The summed E-state index contributed by atoms with van der Waals surface area (Å²) < 4.78 is 6.72. The minimum Gasteiger partial charge on any atom is -0.488 e. The van der Waals surface area contributed by atoms with Crippen LogP contribution in [0.5, 0.6) is 5.75 Å². The molecule has 3 aromatic rings. The molecular formula is C33H46NOP. The fourth-order valence-corrected chi connectivity index (χ4v) is 5.88. The lowest BCUT2D eigenvalue weighted by Crippen LogP contribution is -2.27. The molecule has 3 rings (SSSR count). The van der Waals surface area contributed by atoms with E-state index in [0.29, 0.717) is 15.2 Å². The molecule has 194 valence electrons. The predicted octanol–water partition coefficient (Wildman–Crippen LogP) is 7.64. The monoisotopic (exact) mass is 503 g/mol. The average Bonchev–Trinajstić information content (AvgIpc) is 2.82. The highest BCUT2D eigenvalue weighted by Crippen LogP contribution is 2.38. The summed E-state index contributed by atoms with van der Waals surface area (Å²) in [6, 6.07) is 22.1. The van der Waals surface area contributed by atoms with E-state index < -0.39 is 0 Å². The van der Waals surface area contributed by atoms with Gasteiger partial charge in [-0.3, -0.25) is 4.90 Å². The molecule has 0 amide bonds. The first-order chi connectivity index (χ1) is 16.9. The zero-order valence-corrected chi connectivity index (χ0v) is 25.0. The fraction of sp³-hybridized carbons (Fsp3) is 0.455. The van der Waals surface area contributed by atoms with Crippen molar-refractivity contribution in [1.29, 1.82) is 0 Å². The highest BCUT2D eigenvalue weighted by Gasteiger charge is 2.27. The highest BCUT2D eigenvalue weighted by molar-refractivity contribution is 7.56. The van der Waals surface area contributed by atoms with E-state index in [4.69, 9.17) is 4.74 Å². The Morgan fingerprint density at radius 1 is 0.806 bits per heavy atom. The number of aryl methyl sites for hydroxylation is 1. The maximum Gasteiger partial charge on any atom is 0.131 e. The van der Waals surface area contributed by atoms with Crippen LogP contribution in [0, 0.1) is 6.92 Å². The molecule has 0 fully saturated rings. The smallest absolute Gasteiger partial charge is 0.131 e. The molecule has 1 atom stereocenters. The zero-order valence-electron chi connectivity index (χ0n) is 24.0. The molecule has 0 saturated carbocycles. The number of nitrogens with zero attached hydrogens (tertiary/aromatic N) is 1. The highest BCUT2D eigenvalue weighted by atomic mass is 31.1. The Morgan fingerprint density at radius 2 is 1.47 bits per heavy atom. The van der Waals surface area contributed by atoms with Crippen molar-refractivity contribution in [3.05, 3.63) is 88.5 Å². The van der Waals surface area contributed by atoms with Crippen LogP contribution >= 0.6 is 8.58 Å². The molecule has 0 aromatic heterocycles. The van der Waals surface area contributed by atoms with Gasteiger partial charge in [-0.15, -0.1) is 0 Å². The summed E-state index contributed by atoms with van der Waals surface area (Å²) in [5.41, 5.74) is 6.71. The van der Waals surface area contributed by atoms with Crippen LogP contribution in [0.4, 0.5) is 0 Å². The Labute approximate surface area is 222 Å². The van der Waals surface area contributed by atoms with Gasteiger partial charge in [0.25, 0.3) is 0 Å². The predicted molar refractivity (Wildman–Crippen MR) is 160 cm³/mol. The Kier molecular flexibility index (Phi) is 9.42. The van der Waals surface area contributed by atoms with Crippen LogP contribution in [0.1, 0.15) is 83.2 Å². The third-order valence-corrected chi connectivity index (χ3v) is 8.50. The van der Waals surface area contributed by atoms with E-state index in [0.717, 1.165) is 25.4 Å². The second-order valence-corrected chi connectivity index (χ2v) is 13.2. The number of hydrogen-bond donors (Lipinski definition) is 0. The third kappa shape index (κ3) is 7.21. The third-order valence-electron chi connectivity index (χ3n) is 6.90. The molecule has 2 nitrogen and oxygen atoms in total. The van der Waals surface area contributed by atoms with Crippen molar-refractivity contribution in [3.63, 3.8) is 0 Å². The summed E-state index contributed by atoms with van der Waals surface area (Å²) in [6.07, 6.45) is 0. The Hall–Kier alpha value is -2.15. The lowest BCUT2D eigenvalue weighted by Gasteiger charge is -2.30. The van der Waals surface area contributed by atoms with Crippen molar-refractivity contribution >= 4 is 19.2 Å². The van der Waals surface area contributed by atoms with Gasteiger partial charge in [0.15, 0.2) is 0 Å². The minimum absolute atomic E-state index is 0.0255. The van der Waals surface area contributed by atoms with Gasteiger partial charge in [-0.1, -0.05) is 119 Å². The topological polar surface area (TPSA) is 12.5 Å². The van der Waals surface area contributed by atoms with Crippen LogP contribution in [0.25, 0.3) is 0 Å². The van der Waals surface area contributed by atoms with Gasteiger partial charge in [0.05, 0.1) is 0 Å². The largest absolute Gasteiger partial charge is 0.488 e. The SMILES string of the molecule is CCN(CC)Cc1cccc(C)c1Pc1cc(C(C)(C)C)cc(C(C)(C)C)c1OCc1ccccc1. The van der Waals surface area contributed by atoms with Crippen LogP contribution in [-0.4, -0.2) is 18.0 Å². The maximum atomic E-state index is 6.72. The Bertz CT molecular complexity index is 1130. The van der Waals surface area contributed by atoms with Gasteiger partial charge in [-0.05, 0) is 64.5 Å². The van der Waals surface area contributed by atoms with Gasteiger partial charge < -0.3 is 4.74 Å². The normalized spacial score (nSPS) is 12.6. The first kappa shape index (κ1) is 28.4. The lowest BCUT2D eigenvalue weighted by molar-refractivity contribution is 0.296. The number of benzene rings is 3.